The molecule has 6 heteroatoms. The average Bonchev–Trinajstić information content (AvgIpc) is 3.10. The molecule has 0 saturated heterocycles. The van der Waals surface area contributed by atoms with Gasteiger partial charge in [-0.3, -0.25) is 0 Å². The normalized spacial score (nSPS) is 15.8. The third kappa shape index (κ3) is 4.96. The molecule has 2 rings (SSSR count). The van der Waals surface area contributed by atoms with E-state index in [0.29, 0.717) is 11.8 Å². The van der Waals surface area contributed by atoms with Crippen molar-refractivity contribution < 1.29 is 8.42 Å². The van der Waals surface area contributed by atoms with Crippen molar-refractivity contribution in [3.8, 4) is 0 Å². The number of thioether (sulfide) groups is 1. The van der Waals surface area contributed by atoms with Gasteiger partial charge in [0, 0.05) is 30.8 Å². The highest BCUT2D eigenvalue weighted by atomic mass is 32.2. The highest BCUT2D eigenvalue weighted by molar-refractivity contribution is 8.00. The monoisotopic (exact) mass is 286 g/mol. The lowest BCUT2D eigenvalue weighted by Crippen LogP contribution is -2.16. The van der Waals surface area contributed by atoms with Crippen LogP contribution in [-0.2, 0) is 16.4 Å². The number of nitrogens with one attached hydrogen (secondary N) is 1. The van der Waals surface area contributed by atoms with Crippen LogP contribution < -0.4 is 5.32 Å². The van der Waals surface area contributed by atoms with E-state index in [4.69, 9.17) is 0 Å². The predicted octanol–water partition coefficient (Wildman–Crippen LogP) is 1.47. The summed E-state index contributed by atoms with van der Waals surface area (Å²) < 4.78 is 22.2. The van der Waals surface area contributed by atoms with E-state index < -0.39 is 9.84 Å². The Bertz CT molecular complexity index is 499. The smallest absolute Gasteiger partial charge is 0.148 e. The first-order valence-electron chi connectivity index (χ1n) is 6.02. The Morgan fingerprint density at radius 2 is 2.28 bits per heavy atom. The first-order valence-corrected chi connectivity index (χ1v) is 9.07. The van der Waals surface area contributed by atoms with Gasteiger partial charge in [-0.05, 0) is 24.5 Å². The van der Waals surface area contributed by atoms with E-state index in [1.165, 1.54) is 30.9 Å². The lowest BCUT2D eigenvalue weighted by atomic mass is 10.3. The highest BCUT2D eigenvalue weighted by Crippen LogP contribution is 2.23. The predicted molar refractivity (Wildman–Crippen MR) is 74.5 cm³/mol. The van der Waals surface area contributed by atoms with Crippen molar-refractivity contribution in [2.45, 2.75) is 30.5 Å². The number of nitrogens with zero attached hydrogens (tertiary/aromatic N) is 1. The highest BCUT2D eigenvalue weighted by Gasteiger charge is 2.20. The van der Waals surface area contributed by atoms with Gasteiger partial charge in [0.2, 0.25) is 0 Å². The van der Waals surface area contributed by atoms with Crippen LogP contribution in [-0.4, -0.2) is 37.2 Å². The van der Waals surface area contributed by atoms with Gasteiger partial charge >= 0.3 is 0 Å². The van der Waals surface area contributed by atoms with E-state index in [9.17, 15) is 8.42 Å². The van der Waals surface area contributed by atoms with Gasteiger partial charge in [-0.1, -0.05) is 6.07 Å². The molecule has 0 aromatic carbocycles. The summed E-state index contributed by atoms with van der Waals surface area (Å²) in [6, 6.07) is 4.63. The Kier molecular flexibility index (Phi) is 4.64. The van der Waals surface area contributed by atoms with Crippen LogP contribution in [0.5, 0.6) is 0 Å². The zero-order chi connectivity index (χ0) is 13.0. The average molecular weight is 286 g/mol. The number of hydrogen-bond donors (Lipinski definition) is 1. The Hall–Kier alpha value is -0.590. The van der Waals surface area contributed by atoms with Crippen LogP contribution in [0.3, 0.4) is 0 Å². The van der Waals surface area contributed by atoms with Crippen molar-refractivity contribution in [2.75, 3.05) is 17.8 Å². The van der Waals surface area contributed by atoms with Gasteiger partial charge in [0.05, 0.1) is 5.75 Å². The molecule has 1 saturated carbocycles. The Labute approximate surface area is 112 Å². The molecule has 1 aromatic rings. The SMILES string of the molecule is CS(=O)(=O)CCSc1ncccc1CNC1CC1. The second-order valence-electron chi connectivity index (χ2n) is 4.60. The van der Waals surface area contributed by atoms with E-state index in [1.54, 1.807) is 6.20 Å². The first-order chi connectivity index (χ1) is 8.54. The standard InChI is InChI=1S/C12H18N2O2S2/c1-18(15,16)8-7-17-12-10(3-2-6-13-12)9-14-11-4-5-11/h2-3,6,11,14H,4-5,7-9H2,1H3. The maximum Gasteiger partial charge on any atom is 0.148 e. The molecule has 0 radical (unpaired) electrons. The summed E-state index contributed by atoms with van der Waals surface area (Å²) >= 11 is 1.52. The van der Waals surface area contributed by atoms with Gasteiger partial charge in [0.15, 0.2) is 0 Å². The fourth-order valence-electron chi connectivity index (χ4n) is 1.52. The van der Waals surface area contributed by atoms with Crippen LogP contribution in [0.25, 0.3) is 0 Å². The number of sulfone groups is 1. The maximum atomic E-state index is 11.1. The largest absolute Gasteiger partial charge is 0.310 e. The first kappa shape index (κ1) is 13.8. The zero-order valence-electron chi connectivity index (χ0n) is 10.4. The summed E-state index contributed by atoms with van der Waals surface area (Å²) in [5.41, 5.74) is 1.16. The number of rotatable bonds is 7. The molecule has 0 bridgehead atoms. The molecule has 0 aliphatic heterocycles. The van der Waals surface area contributed by atoms with Crippen molar-refractivity contribution in [1.82, 2.24) is 10.3 Å². The summed E-state index contributed by atoms with van der Waals surface area (Å²) in [5, 5.41) is 4.39. The molecular weight excluding hydrogens is 268 g/mol. The zero-order valence-corrected chi connectivity index (χ0v) is 12.1. The minimum Gasteiger partial charge on any atom is -0.310 e. The second-order valence-corrected chi connectivity index (χ2v) is 7.94. The lowest BCUT2D eigenvalue weighted by Gasteiger charge is -2.08. The van der Waals surface area contributed by atoms with Crippen LogP contribution in [0, 0.1) is 0 Å². The molecule has 1 heterocycles. The van der Waals surface area contributed by atoms with Crippen molar-refractivity contribution in [2.24, 2.45) is 0 Å². The number of aromatic nitrogens is 1. The lowest BCUT2D eigenvalue weighted by molar-refractivity contribution is 0.603. The molecule has 1 aliphatic rings. The van der Waals surface area contributed by atoms with Crippen LogP contribution in [0.15, 0.2) is 23.4 Å². The molecule has 4 nitrogen and oxygen atoms in total. The maximum absolute atomic E-state index is 11.1. The molecular formula is C12H18N2O2S2. The van der Waals surface area contributed by atoms with E-state index in [-0.39, 0.29) is 5.75 Å². The molecule has 1 aromatic heterocycles. The van der Waals surface area contributed by atoms with Crippen LogP contribution in [0.1, 0.15) is 18.4 Å². The molecule has 1 aliphatic carbocycles. The molecule has 0 spiro atoms. The van der Waals surface area contributed by atoms with Crippen LogP contribution in [0.4, 0.5) is 0 Å². The quantitative estimate of drug-likeness (QED) is 0.769. The molecule has 0 atom stereocenters. The number of pyridine rings is 1. The van der Waals surface area contributed by atoms with Crippen molar-refractivity contribution >= 4 is 21.6 Å². The Morgan fingerprint density at radius 1 is 1.50 bits per heavy atom. The summed E-state index contributed by atoms with van der Waals surface area (Å²) in [7, 11) is -2.89. The summed E-state index contributed by atoms with van der Waals surface area (Å²) in [6.07, 6.45) is 5.54. The van der Waals surface area contributed by atoms with Gasteiger partial charge in [-0.2, -0.15) is 0 Å². The van der Waals surface area contributed by atoms with E-state index in [2.05, 4.69) is 10.3 Å². The topological polar surface area (TPSA) is 59.1 Å². The minimum absolute atomic E-state index is 0.198. The third-order valence-electron chi connectivity index (χ3n) is 2.70. The fraction of sp³-hybridized carbons (Fsp3) is 0.583. The number of hydrogen-bond acceptors (Lipinski definition) is 5. The summed E-state index contributed by atoms with van der Waals surface area (Å²) in [4.78, 5) is 4.32. The van der Waals surface area contributed by atoms with Crippen molar-refractivity contribution in [1.29, 1.82) is 0 Å². The van der Waals surface area contributed by atoms with E-state index in [1.807, 2.05) is 12.1 Å². The third-order valence-corrected chi connectivity index (χ3v) is 4.95. The molecule has 100 valence electrons. The van der Waals surface area contributed by atoms with Gasteiger partial charge in [-0.15, -0.1) is 11.8 Å². The van der Waals surface area contributed by atoms with E-state index >= 15 is 0 Å². The Balaban J connectivity index is 1.89. The second kappa shape index (κ2) is 6.04. The van der Waals surface area contributed by atoms with Crippen molar-refractivity contribution in [3.05, 3.63) is 23.9 Å². The molecule has 0 amide bonds. The fourth-order valence-corrected chi connectivity index (χ4v) is 3.72. The Morgan fingerprint density at radius 3 is 2.94 bits per heavy atom. The molecule has 1 N–H and O–H groups in total. The summed E-state index contributed by atoms with van der Waals surface area (Å²) in [6.45, 7) is 0.819. The van der Waals surface area contributed by atoms with Gasteiger partial charge in [0.1, 0.15) is 14.9 Å². The molecule has 0 unspecified atom stereocenters. The minimum atomic E-state index is -2.89. The van der Waals surface area contributed by atoms with Crippen molar-refractivity contribution in [3.63, 3.8) is 0 Å². The van der Waals surface area contributed by atoms with Gasteiger partial charge in [-0.25, -0.2) is 13.4 Å². The molecule has 18 heavy (non-hydrogen) atoms. The van der Waals surface area contributed by atoms with Crippen LogP contribution >= 0.6 is 11.8 Å². The van der Waals surface area contributed by atoms with Crippen LogP contribution in [0.2, 0.25) is 0 Å². The molecule has 1 fully saturated rings. The van der Waals surface area contributed by atoms with E-state index in [0.717, 1.165) is 17.1 Å². The summed E-state index contributed by atoms with van der Waals surface area (Å²) in [5.74, 6) is 0.760. The van der Waals surface area contributed by atoms with Gasteiger partial charge < -0.3 is 5.32 Å². The van der Waals surface area contributed by atoms with Gasteiger partial charge in [0.25, 0.3) is 0 Å².